The number of aryl methyl sites for hydroxylation is 1. The molecule has 0 bridgehead atoms. The third-order valence-electron chi connectivity index (χ3n) is 2.81. The van der Waals surface area contributed by atoms with E-state index in [2.05, 4.69) is 14.9 Å². The van der Waals surface area contributed by atoms with E-state index < -0.39 is 10.0 Å². The van der Waals surface area contributed by atoms with E-state index in [1.807, 2.05) is 0 Å². The molecule has 7 nitrogen and oxygen atoms in total. The van der Waals surface area contributed by atoms with Gasteiger partial charge in [0.25, 0.3) is 5.91 Å². The second kappa shape index (κ2) is 6.29. The molecule has 0 spiro atoms. The lowest BCUT2D eigenvalue weighted by Crippen LogP contribution is -2.25. The fourth-order valence-electron chi connectivity index (χ4n) is 1.69. The van der Waals surface area contributed by atoms with Crippen LogP contribution in [0.3, 0.4) is 0 Å². The Labute approximate surface area is 126 Å². The molecule has 0 aliphatic rings. The normalized spacial score (nSPS) is 11.3. The van der Waals surface area contributed by atoms with Gasteiger partial charge in [0.05, 0.1) is 10.6 Å². The van der Waals surface area contributed by atoms with E-state index in [-0.39, 0.29) is 10.8 Å². The van der Waals surface area contributed by atoms with Crippen LogP contribution in [0.25, 0.3) is 0 Å². The van der Waals surface area contributed by atoms with Gasteiger partial charge in [0, 0.05) is 6.54 Å². The van der Waals surface area contributed by atoms with Crippen LogP contribution < -0.4 is 10.5 Å². The van der Waals surface area contributed by atoms with Crippen molar-refractivity contribution in [3.63, 3.8) is 0 Å². The minimum atomic E-state index is -3.67. The Morgan fingerprint density at radius 2 is 2.00 bits per heavy atom. The maximum Gasteiger partial charge on any atom is 0.264 e. The highest BCUT2D eigenvalue weighted by Crippen LogP contribution is 2.10. The molecule has 3 N–H and O–H groups in total. The quantitative estimate of drug-likeness (QED) is 0.828. The molecule has 1 amide bonds. The first-order valence-corrected chi connectivity index (χ1v) is 8.39. The number of nitrogens with two attached hydrogens (primary N) is 1. The van der Waals surface area contributed by atoms with Crippen molar-refractivity contribution in [1.29, 1.82) is 0 Å². The second-order valence-electron chi connectivity index (χ2n) is 4.38. The van der Waals surface area contributed by atoms with Gasteiger partial charge in [-0.3, -0.25) is 4.79 Å². The number of carbonyl (C=O) groups is 1. The number of primary sulfonamides is 1. The molecule has 0 saturated heterocycles. The van der Waals surface area contributed by atoms with E-state index in [1.165, 1.54) is 12.1 Å². The van der Waals surface area contributed by atoms with Crippen LogP contribution in [0, 0.1) is 6.92 Å². The summed E-state index contributed by atoms with van der Waals surface area (Å²) in [5.41, 5.74) is 1.51. The summed E-state index contributed by atoms with van der Waals surface area (Å²) in [6, 6.07) is 6.24. The number of nitrogens with zero attached hydrogens (tertiary/aromatic N) is 2. The number of hydrogen-bond donors (Lipinski definition) is 2. The lowest BCUT2D eigenvalue weighted by atomic mass is 10.1. The van der Waals surface area contributed by atoms with Gasteiger partial charge < -0.3 is 5.32 Å². The summed E-state index contributed by atoms with van der Waals surface area (Å²) in [6.45, 7) is 2.16. The number of sulfonamides is 1. The maximum absolute atomic E-state index is 11.8. The molecule has 1 aromatic heterocycles. The van der Waals surface area contributed by atoms with Crippen molar-refractivity contribution in [3.05, 3.63) is 40.4 Å². The molecule has 0 radical (unpaired) electrons. The highest BCUT2D eigenvalue weighted by atomic mass is 32.2. The van der Waals surface area contributed by atoms with Gasteiger partial charge in [-0.25, -0.2) is 13.6 Å². The summed E-state index contributed by atoms with van der Waals surface area (Å²) in [5.74, 6) is -0.205. The Morgan fingerprint density at radius 1 is 1.33 bits per heavy atom. The highest BCUT2D eigenvalue weighted by Gasteiger charge is 2.12. The topological polar surface area (TPSA) is 115 Å². The Balaban J connectivity index is 1.89. The first kappa shape index (κ1) is 15.5. The van der Waals surface area contributed by atoms with Crippen molar-refractivity contribution in [2.24, 2.45) is 5.14 Å². The van der Waals surface area contributed by atoms with Crippen molar-refractivity contribution in [2.75, 3.05) is 6.54 Å². The molecule has 9 heteroatoms. The zero-order valence-electron chi connectivity index (χ0n) is 11.2. The zero-order valence-corrected chi connectivity index (χ0v) is 12.9. The Morgan fingerprint density at radius 3 is 2.52 bits per heavy atom. The molecular formula is C12H14N4O3S2. The van der Waals surface area contributed by atoms with Gasteiger partial charge in [-0.05, 0) is 42.6 Å². The maximum atomic E-state index is 11.8. The van der Waals surface area contributed by atoms with Gasteiger partial charge >= 0.3 is 0 Å². The summed E-state index contributed by atoms with van der Waals surface area (Å²) in [7, 11) is -3.67. The van der Waals surface area contributed by atoms with Crippen molar-refractivity contribution < 1.29 is 13.2 Å². The molecule has 0 saturated carbocycles. The van der Waals surface area contributed by atoms with Crippen LogP contribution in [-0.2, 0) is 16.4 Å². The largest absolute Gasteiger partial charge is 0.351 e. The van der Waals surface area contributed by atoms with E-state index in [4.69, 9.17) is 5.14 Å². The van der Waals surface area contributed by atoms with Crippen LogP contribution in [0.2, 0.25) is 0 Å². The fraction of sp³-hybridized carbons (Fsp3) is 0.250. The number of rotatable bonds is 5. The minimum absolute atomic E-state index is 0.0710. The molecule has 0 atom stereocenters. The molecule has 21 heavy (non-hydrogen) atoms. The standard InChI is InChI=1S/C12H14N4O3S2/c1-8-11(20-16-15-8)12(17)14-7-6-9-2-4-10(5-3-9)21(13,18)19/h2-5H,6-7H2,1H3,(H,14,17)(H2,13,18,19). The number of nitrogens with one attached hydrogen (secondary N) is 1. The number of carbonyl (C=O) groups excluding carboxylic acids is 1. The zero-order chi connectivity index (χ0) is 15.5. The predicted octanol–water partition coefficient (Wildman–Crippen LogP) is 0.466. The number of benzene rings is 1. The lowest BCUT2D eigenvalue weighted by molar-refractivity contribution is 0.0957. The molecule has 1 heterocycles. The molecule has 0 aliphatic carbocycles. The molecule has 2 rings (SSSR count). The molecule has 1 aromatic carbocycles. The van der Waals surface area contributed by atoms with Gasteiger partial charge in [-0.15, -0.1) is 5.10 Å². The molecule has 0 aliphatic heterocycles. The second-order valence-corrected chi connectivity index (χ2v) is 6.70. The molecule has 0 fully saturated rings. The average molecular weight is 326 g/mol. The Hall–Kier alpha value is -1.84. The van der Waals surface area contributed by atoms with Crippen LogP contribution in [0.4, 0.5) is 0 Å². The first-order valence-electron chi connectivity index (χ1n) is 6.07. The van der Waals surface area contributed by atoms with Gasteiger partial charge in [0.1, 0.15) is 4.88 Å². The van der Waals surface area contributed by atoms with Crippen molar-refractivity contribution in [1.82, 2.24) is 14.9 Å². The summed E-state index contributed by atoms with van der Waals surface area (Å²) < 4.78 is 25.9. The van der Waals surface area contributed by atoms with E-state index in [0.29, 0.717) is 23.5 Å². The summed E-state index contributed by atoms with van der Waals surface area (Å²) in [6.07, 6.45) is 0.585. The summed E-state index contributed by atoms with van der Waals surface area (Å²) in [5, 5.41) is 11.6. The van der Waals surface area contributed by atoms with Gasteiger partial charge in [-0.1, -0.05) is 16.6 Å². The van der Waals surface area contributed by atoms with Crippen LogP contribution >= 0.6 is 11.5 Å². The molecule has 2 aromatic rings. The molecular weight excluding hydrogens is 312 g/mol. The Kier molecular flexibility index (Phi) is 4.66. The highest BCUT2D eigenvalue weighted by molar-refractivity contribution is 7.89. The number of aromatic nitrogens is 2. The van der Waals surface area contributed by atoms with E-state index >= 15 is 0 Å². The van der Waals surface area contributed by atoms with Gasteiger partial charge in [0.2, 0.25) is 10.0 Å². The first-order chi connectivity index (χ1) is 9.88. The van der Waals surface area contributed by atoms with Crippen LogP contribution in [-0.4, -0.2) is 30.5 Å². The summed E-state index contributed by atoms with van der Waals surface area (Å²) >= 11 is 1.05. The third kappa shape index (κ3) is 4.06. The fourth-order valence-corrected chi connectivity index (χ4v) is 2.77. The summed E-state index contributed by atoms with van der Waals surface area (Å²) in [4.78, 5) is 12.4. The molecule has 0 unspecified atom stereocenters. The van der Waals surface area contributed by atoms with Gasteiger partial charge in [0.15, 0.2) is 0 Å². The smallest absolute Gasteiger partial charge is 0.264 e. The number of hydrogen-bond acceptors (Lipinski definition) is 6. The van der Waals surface area contributed by atoms with Crippen molar-refractivity contribution in [2.45, 2.75) is 18.2 Å². The van der Waals surface area contributed by atoms with Crippen LogP contribution in [0.15, 0.2) is 29.2 Å². The SMILES string of the molecule is Cc1nnsc1C(=O)NCCc1ccc(S(N)(=O)=O)cc1. The van der Waals surface area contributed by atoms with Crippen LogP contribution in [0.5, 0.6) is 0 Å². The number of amides is 1. The van der Waals surface area contributed by atoms with E-state index in [9.17, 15) is 13.2 Å². The minimum Gasteiger partial charge on any atom is -0.351 e. The third-order valence-corrected chi connectivity index (χ3v) is 4.56. The van der Waals surface area contributed by atoms with E-state index in [0.717, 1.165) is 17.1 Å². The van der Waals surface area contributed by atoms with Gasteiger partial charge in [-0.2, -0.15) is 0 Å². The monoisotopic (exact) mass is 326 g/mol. The lowest BCUT2D eigenvalue weighted by Gasteiger charge is -2.05. The van der Waals surface area contributed by atoms with Crippen molar-refractivity contribution in [3.8, 4) is 0 Å². The average Bonchev–Trinajstić information content (AvgIpc) is 2.84. The van der Waals surface area contributed by atoms with Crippen molar-refractivity contribution >= 4 is 27.5 Å². The molecule has 112 valence electrons. The van der Waals surface area contributed by atoms with E-state index in [1.54, 1.807) is 19.1 Å². The predicted molar refractivity (Wildman–Crippen MR) is 78.5 cm³/mol. The Bertz CT molecular complexity index is 738. The van der Waals surface area contributed by atoms with Crippen LogP contribution in [0.1, 0.15) is 20.9 Å².